The average Bonchev–Trinajstić information content (AvgIpc) is 2.77. The molecule has 2 heterocycles. The van der Waals surface area contributed by atoms with E-state index in [2.05, 4.69) is 14.9 Å². The van der Waals surface area contributed by atoms with Crippen LogP contribution in [0.2, 0.25) is 5.15 Å². The van der Waals surface area contributed by atoms with Crippen molar-refractivity contribution in [3.8, 4) is 0 Å². The van der Waals surface area contributed by atoms with Crippen LogP contribution in [0, 0.1) is 0 Å². The Kier molecular flexibility index (Phi) is 3.58. The Balaban J connectivity index is 2.24. The number of methoxy groups -OCH3 is 1. The first-order valence-electron chi connectivity index (χ1n) is 5.14. The van der Waals surface area contributed by atoms with Crippen molar-refractivity contribution in [3.63, 3.8) is 0 Å². The Bertz CT molecular complexity index is 375. The first kappa shape index (κ1) is 11.6. The minimum Gasteiger partial charge on any atom is -0.391 e. The number of aliphatic hydroxyl groups is 1. The normalized spacial score (nSPS) is 20.4. The number of nitrogens with zero attached hydrogens (tertiary/aromatic N) is 3. The van der Waals surface area contributed by atoms with Crippen molar-refractivity contribution in [2.24, 2.45) is 0 Å². The van der Waals surface area contributed by atoms with Crippen LogP contribution in [-0.2, 0) is 11.3 Å². The third-order valence-electron chi connectivity index (χ3n) is 2.81. The SMILES string of the molecule is COC1CCN(c2ncnc(Cl)c2CO)C1. The molecule has 1 aliphatic rings. The number of aliphatic hydroxyl groups excluding tert-OH is 1. The highest BCUT2D eigenvalue weighted by molar-refractivity contribution is 6.30. The van der Waals surface area contributed by atoms with Crippen molar-refractivity contribution in [2.75, 3.05) is 25.1 Å². The summed E-state index contributed by atoms with van der Waals surface area (Å²) in [4.78, 5) is 10.1. The zero-order chi connectivity index (χ0) is 11.5. The lowest BCUT2D eigenvalue weighted by molar-refractivity contribution is 0.121. The molecule has 0 amide bonds. The minimum atomic E-state index is -0.150. The van der Waals surface area contributed by atoms with Gasteiger partial charge in [0.15, 0.2) is 0 Å². The van der Waals surface area contributed by atoms with Gasteiger partial charge in [-0.3, -0.25) is 0 Å². The van der Waals surface area contributed by atoms with Crippen molar-refractivity contribution >= 4 is 17.4 Å². The van der Waals surface area contributed by atoms with E-state index < -0.39 is 0 Å². The average molecular weight is 244 g/mol. The van der Waals surface area contributed by atoms with Gasteiger partial charge in [-0.1, -0.05) is 11.6 Å². The van der Waals surface area contributed by atoms with Gasteiger partial charge in [-0.15, -0.1) is 0 Å². The molecule has 1 saturated heterocycles. The first-order valence-corrected chi connectivity index (χ1v) is 5.52. The molecule has 1 aromatic heterocycles. The number of rotatable bonds is 3. The fourth-order valence-corrected chi connectivity index (χ4v) is 2.09. The lowest BCUT2D eigenvalue weighted by Gasteiger charge is -2.19. The molecule has 5 nitrogen and oxygen atoms in total. The molecule has 1 aliphatic heterocycles. The first-order chi connectivity index (χ1) is 7.76. The van der Waals surface area contributed by atoms with E-state index in [1.807, 2.05) is 0 Å². The molecule has 1 fully saturated rings. The summed E-state index contributed by atoms with van der Waals surface area (Å²) < 4.78 is 5.29. The Hall–Kier alpha value is -0.910. The van der Waals surface area contributed by atoms with Gasteiger partial charge in [0, 0.05) is 20.2 Å². The molecule has 2 rings (SSSR count). The van der Waals surface area contributed by atoms with Gasteiger partial charge in [0.05, 0.1) is 18.3 Å². The summed E-state index contributed by atoms with van der Waals surface area (Å²) in [5.74, 6) is 0.710. The summed E-state index contributed by atoms with van der Waals surface area (Å²) >= 11 is 5.91. The molecule has 0 radical (unpaired) electrons. The van der Waals surface area contributed by atoms with Crippen LogP contribution in [0.1, 0.15) is 12.0 Å². The fraction of sp³-hybridized carbons (Fsp3) is 0.600. The van der Waals surface area contributed by atoms with Gasteiger partial charge >= 0.3 is 0 Å². The topological polar surface area (TPSA) is 58.5 Å². The summed E-state index contributed by atoms with van der Waals surface area (Å²) in [6, 6.07) is 0. The fourth-order valence-electron chi connectivity index (χ4n) is 1.90. The maximum atomic E-state index is 9.26. The van der Waals surface area contributed by atoms with Gasteiger partial charge in [0.2, 0.25) is 0 Å². The van der Waals surface area contributed by atoms with Crippen LogP contribution in [0.15, 0.2) is 6.33 Å². The molecule has 1 N–H and O–H groups in total. The quantitative estimate of drug-likeness (QED) is 0.798. The van der Waals surface area contributed by atoms with Gasteiger partial charge in [0.25, 0.3) is 0 Å². The van der Waals surface area contributed by atoms with E-state index >= 15 is 0 Å². The highest BCUT2D eigenvalue weighted by atomic mass is 35.5. The zero-order valence-electron chi connectivity index (χ0n) is 9.06. The molecule has 0 aliphatic carbocycles. The van der Waals surface area contributed by atoms with E-state index in [9.17, 15) is 5.11 Å². The third kappa shape index (κ3) is 2.11. The second-order valence-corrected chi connectivity index (χ2v) is 4.08. The zero-order valence-corrected chi connectivity index (χ0v) is 9.81. The van der Waals surface area contributed by atoms with Crippen LogP contribution in [0.3, 0.4) is 0 Å². The number of anilines is 1. The van der Waals surface area contributed by atoms with Crippen LogP contribution in [0.5, 0.6) is 0 Å². The minimum absolute atomic E-state index is 0.150. The van der Waals surface area contributed by atoms with Gasteiger partial charge in [0.1, 0.15) is 17.3 Å². The van der Waals surface area contributed by atoms with Crippen LogP contribution >= 0.6 is 11.6 Å². The smallest absolute Gasteiger partial charge is 0.140 e. The Morgan fingerprint density at radius 1 is 1.62 bits per heavy atom. The van der Waals surface area contributed by atoms with Crippen LogP contribution in [-0.4, -0.2) is 41.4 Å². The summed E-state index contributed by atoms with van der Waals surface area (Å²) in [5.41, 5.74) is 0.584. The number of ether oxygens (including phenoxy) is 1. The summed E-state index contributed by atoms with van der Waals surface area (Å²) in [6.07, 6.45) is 2.60. The number of halogens is 1. The molecular formula is C10H14ClN3O2. The maximum absolute atomic E-state index is 9.26. The van der Waals surface area contributed by atoms with E-state index in [0.717, 1.165) is 19.5 Å². The summed E-state index contributed by atoms with van der Waals surface area (Å²) in [7, 11) is 1.70. The molecule has 16 heavy (non-hydrogen) atoms. The number of hydrogen-bond donors (Lipinski definition) is 1. The largest absolute Gasteiger partial charge is 0.391 e. The Morgan fingerprint density at radius 3 is 3.06 bits per heavy atom. The predicted molar refractivity (Wildman–Crippen MR) is 60.6 cm³/mol. The van der Waals surface area contributed by atoms with E-state index in [1.165, 1.54) is 6.33 Å². The molecule has 1 unspecified atom stereocenters. The summed E-state index contributed by atoms with van der Waals surface area (Å²) in [6.45, 7) is 1.48. The van der Waals surface area contributed by atoms with Crippen LogP contribution in [0.4, 0.5) is 5.82 Å². The van der Waals surface area contributed by atoms with Gasteiger partial charge in [-0.2, -0.15) is 0 Å². The molecule has 6 heteroatoms. The van der Waals surface area contributed by atoms with Crippen molar-refractivity contribution in [2.45, 2.75) is 19.1 Å². The van der Waals surface area contributed by atoms with Gasteiger partial charge in [-0.05, 0) is 6.42 Å². The highest BCUT2D eigenvalue weighted by Gasteiger charge is 2.25. The van der Waals surface area contributed by atoms with Crippen molar-refractivity contribution in [1.29, 1.82) is 0 Å². The molecule has 0 bridgehead atoms. The molecule has 0 spiro atoms. The van der Waals surface area contributed by atoms with Gasteiger partial charge in [-0.25, -0.2) is 9.97 Å². The molecular weight excluding hydrogens is 230 g/mol. The Morgan fingerprint density at radius 2 is 2.44 bits per heavy atom. The highest BCUT2D eigenvalue weighted by Crippen LogP contribution is 2.26. The second kappa shape index (κ2) is 4.95. The lowest BCUT2D eigenvalue weighted by Crippen LogP contribution is -2.24. The van der Waals surface area contributed by atoms with Crippen molar-refractivity contribution < 1.29 is 9.84 Å². The van der Waals surface area contributed by atoms with E-state index in [-0.39, 0.29) is 12.7 Å². The maximum Gasteiger partial charge on any atom is 0.140 e. The van der Waals surface area contributed by atoms with Gasteiger partial charge < -0.3 is 14.7 Å². The summed E-state index contributed by atoms with van der Waals surface area (Å²) in [5, 5.41) is 9.57. The van der Waals surface area contributed by atoms with Crippen molar-refractivity contribution in [3.05, 3.63) is 17.0 Å². The van der Waals surface area contributed by atoms with E-state index in [1.54, 1.807) is 7.11 Å². The second-order valence-electron chi connectivity index (χ2n) is 3.72. The number of aromatic nitrogens is 2. The predicted octanol–water partition coefficient (Wildman–Crippen LogP) is 0.847. The third-order valence-corrected chi connectivity index (χ3v) is 3.13. The van der Waals surface area contributed by atoms with Crippen LogP contribution < -0.4 is 4.90 Å². The van der Waals surface area contributed by atoms with E-state index in [4.69, 9.17) is 16.3 Å². The molecule has 88 valence electrons. The lowest BCUT2D eigenvalue weighted by atomic mass is 10.3. The van der Waals surface area contributed by atoms with E-state index in [0.29, 0.717) is 16.5 Å². The molecule has 1 atom stereocenters. The molecule has 0 saturated carbocycles. The molecule has 0 aromatic carbocycles. The molecule has 1 aromatic rings. The van der Waals surface area contributed by atoms with Crippen molar-refractivity contribution in [1.82, 2.24) is 9.97 Å². The number of hydrogen-bond acceptors (Lipinski definition) is 5. The standard InChI is InChI=1S/C10H14ClN3O2/c1-16-7-2-3-14(4-7)10-8(5-15)9(11)12-6-13-10/h6-7,15H,2-5H2,1H3. The van der Waals surface area contributed by atoms with Crippen LogP contribution in [0.25, 0.3) is 0 Å². The monoisotopic (exact) mass is 243 g/mol. The Labute approximate surface area is 99.0 Å².